The monoisotopic (exact) mass is 347 g/mol. The van der Waals surface area contributed by atoms with Crippen LogP contribution in [-0.4, -0.2) is 0 Å². The van der Waals surface area contributed by atoms with Crippen molar-refractivity contribution in [3.05, 3.63) is 41.8 Å². The Morgan fingerprint density at radius 2 is 1.06 bits per heavy atom. The Morgan fingerprint density at radius 3 is 1.29 bits per heavy atom. The van der Waals surface area contributed by atoms with Crippen LogP contribution in [0.5, 0.6) is 0 Å². The summed E-state index contributed by atoms with van der Waals surface area (Å²) in [6.45, 7) is 17.5. The molecule has 94 valence electrons. The summed E-state index contributed by atoms with van der Waals surface area (Å²) in [5.74, 6) is 0. The molecule has 1 rings (SSSR count). The van der Waals surface area contributed by atoms with Crippen LogP contribution < -0.4 is 0 Å². The second kappa shape index (κ2) is 6.39. The molecule has 0 aliphatic rings. The summed E-state index contributed by atoms with van der Waals surface area (Å²) >= 11 is 0. The molecular weight excluding hydrogens is 325 g/mol. The van der Waals surface area contributed by atoms with Gasteiger partial charge in [0.15, 0.2) is 0 Å². The average Bonchev–Trinajstić information content (AvgIpc) is 1.99. The molecule has 0 amide bonds. The second-order valence-corrected chi connectivity index (χ2v) is 6.42. The molecule has 0 heterocycles. The molecule has 0 aliphatic carbocycles. The summed E-state index contributed by atoms with van der Waals surface area (Å²) in [6, 6.07) is 6.69. The van der Waals surface area contributed by atoms with Gasteiger partial charge in [0.2, 0.25) is 0 Å². The van der Waals surface area contributed by atoms with Gasteiger partial charge in [-0.05, 0) is 10.8 Å². The quantitative estimate of drug-likeness (QED) is 0.455. The number of benzene rings is 1. The fourth-order valence-electron chi connectivity index (χ4n) is 1.56. The molecule has 2 heteroatoms. The predicted molar refractivity (Wildman–Crippen MR) is 78.6 cm³/mol. The van der Waals surface area contributed by atoms with Crippen LogP contribution >= 0.6 is 17.0 Å². The van der Waals surface area contributed by atoms with E-state index in [4.69, 9.17) is 0 Å². The van der Waals surface area contributed by atoms with Crippen molar-refractivity contribution in [1.29, 1.82) is 0 Å². The van der Waals surface area contributed by atoms with E-state index in [1.807, 2.05) is 0 Å². The maximum absolute atomic E-state index is 4.07. The Balaban J connectivity index is 0. The van der Waals surface area contributed by atoms with Crippen molar-refractivity contribution in [2.45, 2.75) is 52.4 Å². The Labute approximate surface area is 130 Å². The van der Waals surface area contributed by atoms with Crippen LogP contribution in [-0.2, 0) is 30.3 Å². The van der Waals surface area contributed by atoms with Gasteiger partial charge in [-0.3, -0.25) is 0 Å². The molecule has 0 unspecified atom stereocenters. The second-order valence-electron chi connectivity index (χ2n) is 6.42. The SMILES string of the molecule is Br.[CH2-]c1cc(C(C)(C)C)cc(C(C)(C)C)c1.[Zn]. The van der Waals surface area contributed by atoms with Gasteiger partial charge in [-0.15, -0.1) is 17.0 Å². The predicted octanol–water partition coefficient (Wildman–Crippen LogP) is 5.04. The maximum atomic E-state index is 4.07. The normalized spacial score (nSPS) is 11.4. The molecule has 17 heavy (non-hydrogen) atoms. The molecule has 0 atom stereocenters. The van der Waals surface area contributed by atoms with Crippen molar-refractivity contribution < 1.29 is 19.5 Å². The number of hydrogen-bond acceptors (Lipinski definition) is 0. The number of halogens is 1. The van der Waals surface area contributed by atoms with Gasteiger partial charge in [-0.25, -0.2) is 0 Å². The first-order valence-electron chi connectivity index (χ1n) is 5.59. The summed E-state index contributed by atoms with van der Waals surface area (Å²) in [5, 5.41) is 0. The van der Waals surface area contributed by atoms with E-state index in [2.05, 4.69) is 66.7 Å². The smallest absolute Gasteiger partial charge is 0 e. The molecule has 0 saturated carbocycles. The summed E-state index contributed by atoms with van der Waals surface area (Å²) in [7, 11) is 0. The molecular formula is C15H24BrZn-. The van der Waals surface area contributed by atoms with E-state index >= 15 is 0 Å². The van der Waals surface area contributed by atoms with Gasteiger partial charge in [-0.1, -0.05) is 58.7 Å². The first kappa shape index (κ1) is 19.5. The number of rotatable bonds is 0. The van der Waals surface area contributed by atoms with Gasteiger partial charge < -0.3 is 0 Å². The van der Waals surface area contributed by atoms with Crippen LogP contribution in [0.1, 0.15) is 58.2 Å². The minimum absolute atomic E-state index is 0. The average molecular weight is 350 g/mol. The zero-order valence-corrected chi connectivity index (χ0v) is 16.7. The minimum atomic E-state index is 0. The Bertz CT molecular complexity index is 324. The van der Waals surface area contributed by atoms with Crippen LogP contribution in [0.4, 0.5) is 0 Å². The van der Waals surface area contributed by atoms with Crippen molar-refractivity contribution in [2.24, 2.45) is 0 Å². The molecule has 0 bridgehead atoms. The molecule has 0 spiro atoms. The van der Waals surface area contributed by atoms with Gasteiger partial charge in [0.1, 0.15) is 0 Å². The number of hydrogen-bond donors (Lipinski definition) is 0. The van der Waals surface area contributed by atoms with Gasteiger partial charge in [-0.2, -0.15) is 24.6 Å². The summed E-state index contributed by atoms with van der Waals surface area (Å²) < 4.78 is 0. The zero-order valence-electron chi connectivity index (χ0n) is 12.1. The first-order valence-corrected chi connectivity index (χ1v) is 5.59. The largest absolute Gasteiger partial charge is 0.199 e. The molecule has 0 radical (unpaired) electrons. The molecule has 0 N–H and O–H groups in total. The third-order valence-electron chi connectivity index (χ3n) is 2.72. The van der Waals surface area contributed by atoms with Crippen molar-refractivity contribution in [3.8, 4) is 0 Å². The van der Waals surface area contributed by atoms with E-state index in [9.17, 15) is 0 Å². The van der Waals surface area contributed by atoms with E-state index in [0.29, 0.717) is 0 Å². The molecule has 0 nitrogen and oxygen atoms in total. The van der Waals surface area contributed by atoms with Crippen LogP contribution in [0, 0.1) is 6.92 Å². The third-order valence-corrected chi connectivity index (χ3v) is 2.72. The fraction of sp³-hybridized carbons (Fsp3) is 0.533. The first-order chi connectivity index (χ1) is 6.60. The Hall–Kier alpha value is 0.193. The van der Waals surface area contributed by atoms with Crippen molar-refractivity contribution >= 4 is 17.0 Å². The van der Waals surface area contributed by atoms with Crippen molar-refractivity contribution in [1.82, 2.24) is 0 Å². The summed E-state index contributed by atoms with van der Waals surface area (Å²) in [5.41, 5.74) is 4.27. The molecule has 1 aromatic carbocycles. The topological polar surface area (TPSA) is 0 Å². The van der Waals surface area contributed by atoms with E-state index in [0.717, 1.165) is 5.56 Å². The zero-order chi connectivity index (χ0) is 11.9. The van der Waals surface area contributed by atoms with Crippen molar-refractivity contribution in [2.75, 3.05) is 0 Å². The minimum Gasteiger partial charge on any atom is -0.199 e. The molecule has 1 aromatic rings. The van der Waals surface area contributed by atoms with Crippen molar-refractivity contribution in [3.63, 3.8) is 0 Å². The summed E-state index contributed by atoms with van der Waals surface area (Å²) in [6.07, 6.45) is 0. The fourth-order valence-corrected chi connectivity index (χ4v) is 1.56. The van der Waals surface area contributed by atoms with Crippen LogP contribution in [0.15, 0.2) is 18.2 Å². The standard InChI is InChI=1S/C15H23.BrH.Zn/c1-11-8-12(14(2,3)4)10-13(9-11)15(5,6)7;;/h8-10H,1H2,2-7H3;1H;/q-1;;. The molecule has 0 aliphatic heterocycles. The summed E-state index contributed by atoms with van der Waals surface area (Å²) in [4.78, 5) is 0. The van der Waals surface area contributed by atoms with Gasteiger partial charge in [0.05, 0.1) is 0 Å². The van der Waals surface area contributed by atoms with Crippen LogP contribution in [0.2, 0.25) is 0 Å². The van der Waals surface area contributed by atoms with Gasteiger partial charge in [0, 0.05) is 19.5 Å². The van der Waals surface area contributed by atoms with Gasteiger partial charge >= 0.3 is 0 Å². The van der Waals surface area contributed by atoms with Crippen LogP contribution in [0.3, 0.4) is 0 Å². The van der Waals surface area contributed by atoms with E-state index < -0.39 is 0 Å². The maximum Gasteiger partial charge on any atom is 0 e. The Kier molecular flexibility index (Phi) is 7.34. The third kappa shape index (κ3) is 5.57. The molecule has 0 saturated heterocycles. The van der Waals surface area contributed by atoms with E-state index in [-0.39, 0.29) is 47.3 Å². The molecule has 0 fully saturated rings. The Morgan fingerprint density at radius 1 is 0.765 bits per heavy atom. The molecule has 0 aromatic heterocycles. The van der Waals surface area contributed by atoms with Crippen LogP contribution in [0.25, 0.3) is 0 Å². The van der Waals surface area contributed by atoms with E-state index in [1.165, 1.54) is 11.1 Å². The van der Waals surface area contributed by atoms with Gasteiger partial charge in [0.25, 0.3) is 0 Å². The van der Waals surface area contributed by atoms with E-state index in [1.54, 1.807) is 0 Å².